The van der Waals surface area contributed by atoms with Crippen LogP contribution in [0.3, 0.4) is 0 Å². The highest BCUT2D eigenvalue weighted by Crippen LogP contribution is 2.38. The maximum absolute atomic E-state index is 14.8. The minimum atomic E-state index is -4.81. The van der Waals surface area contributed by atoms with Crippen molar-refractivity contribution in [3.05, 3.63) is 52.6 Å². The number of pyridine rings is 1. The number of halogens is 4. The molecule has 1 atom stereocenters. The second-order valence-electron chi connectivity index (χ2n) is 10.0. The molecule has 0 bridgehead atoms. The van der Waals surface area contributed by atoms with Gasteiger partial charge in [0.05, 0.1) is 30.6 Å². The van der Waals surface area contributed by atoms with Crippen LogP contribution < -0.4 is 10.1 Å². The fraction of sp³-hybridized carbons (Fsp3) is 0.481. The third kappa shape index (κ3) is 6.21. The SMILES string of the molecule is COc1nc2nc(C)nc(N[C@H](C)c3cccc(C(F)(F)F)c3F)c2cc1C1CCN(C(=O)CN(C)C)CC1. The molecule has 1 aliphatic rings. The van der Waals surface area contributed by atoms with E-state index in [1.807, 2.05) is 30.0 Å². The maximum Gasteiger partial charge on any atom is 0.419 e. The Morgan fingerprint density at radius 2 is 1.90 bits per heavy atom. The highest BCUT2D eigenvalue weighted by atomic mass is 19.4. The topological polar surface area (TPSA) is 83.5 Å². The minimum absolute atomic E-state index is 0.0627. The molecule has 1 N–H and O–H groups in total. The summed E-state index contributed by atoms with van der Waals surface area (Å²) in [7, 11) is 5.24. The molecule has 0 saturated carbocycles. The number of ether oxygens (including phenoxy) is 1. The Morgan fingerprint density at radius 3 is 2.51 bits per heavy atom. The van der Waals surface area contributed by atoms with Crippen molar-refractivity contribution >= 4 is 22.8 Å². The van der Waals surface area contributed by atoms with Crippen molar-refractivity contribution in [2.45, 2.75) is 44.8 Å². The number of hydrogen-bond donors (Lipinski definition) is 1. The van der Waals surface area contributed by atoms with Crippen molar-refractivity contribution in [1.82, 2.24) is 24.8 Å². The van der Waals surface area contributed by atoms with Crippen LogP contribution in [-0.4, -0.2) is 71.5 Å². The molecule has 0 spiro atoms. The molecule has 0 radical (unpaired) electrons. The number of carbonyl (C=O) groups is 1. The lowest BCUT2D eigenvalue weighted by Crippen LogP contribution is -2.42. The Kier molecular flexibility index (Phi) is 8.24. The molecular formula is C27H32F4N6O2. The van der Waals surface area contributed by atoms with E-state index in [0.717, 1.165) is 11.6 Å². The number of benzene rings is 1. The monoisotopic (exact) mass is 548 g/mol. The number of fused-ring (bicyclic) bond motifs is 1. The number of anilines is 1. The van der Waals surface area contributed by atoms with Gasteiger partial charge < -0.3 is 19.9 Å². The first-order valence-electron chi connectivity index (χ1n) is 12.7. The largest absolute Gasteiger partial charge is 0.481 e. The van der Waals surface area contributed by atoms with Gasteiger partial charge in [-0.25, -0.2) is 14.4 Å². The Balaban J connectivity index is 1.66. The van der Waals surface area contributed by atoms with Gasteiger partial charge in [0.2, 0.25) is 11.8 Å². The molecule has 1 aliphatic heterocycles. The van der Waals surface area contributed by atoms with Gasteiger partial charge in [-0.15, -0.1) is 0 Å². The van der Waals surface area contributed by atoms with E-state index in [1.54, 1.807) is 13.8 Å². The Labute approximate surface area is 224 Å². The van der Waals surface area contributed by atoms with Crippen molar-refractivity contribution in [2.75, 3.05) is 46.2 Å². The number of alkyl halides is 3. The summed E-state index contributed by atoms with van der Waals surface area (Å²) in [4.78, 5) is 29.7. The lowest BCUT2D eigenvalue weighted by molar-refractivity contribution is -0.140. The zero-order chi connectivity index (χ0) is 28.5. The molecule has 1 aromatic carbocycles. The van der Waals surface area contributed by atoms with Gasteiger partial charge >= 0.3 is 6.18 Å². The van der Waals surface area contributed by atoms with E-state index in [-0.39, 0.29) is 17.4 Å². The lowest BCUT2D eigenvalue weighted by Gasteiger charge is -2.33. The number of nitrogens with one attached hydrogen (secondary N) is 1. The summed E-state index contributed by atoms with van der Waals surface area (Å²) < 4.78 is 60.2. The summed E-state index contributed by atoms with van der Waals surface area (Å²) in [6.45, 7) is 4.78. The Morgan fingerprint density at radius 1 is 1.21 bits per heavy atom. The van der Waals surface area contributed by atoms with Gasteiger partial charge in [0.15, 0.2) is 5.65 Å². The molecule has 1 amide bonds. The van der Waals surface area contributed by atoms with Crippen molar-refractivity contribution in [1.29, 1.82) is 0 Å². The highest BCUT2D eigenvalue weighted by Gasteiger charge is 2.35. The smallest absolute Gasteiger partial charge is 0.419 e. The predicted octanol–water partition coefficient (Wildman–Crippen LogP) is 4.94. The number of likely N-dealkylation sites (tertiary alicyclic amines) is 1. The van der Waals surface area contributed by atoms with Crippen LogP contribution in [0.4, 0.5) is 23.4 Å². The number of methoxy groups -OCH3 is 1. The molecule has 0 aliphatic carbocycles. The summed E-state index contributed by atoms with van der Waals surface area (Å²) in [5.41, 5.74) is -0.272. The average Bonchev–Trinajstić information content (AvgIpc) is 2.87. The van der Waals surface area contributed by atoms with Gasteiger partial charge in [-0.1, -0.05) is 12.1 Å². The predicted molar refractivity (Wildman–Crippen MR) is 139 cm³/mol. The van der Waals surface area contributed by atoms with E-state index in [9.17, 15) is 22.4 Å². The maximum atomic E-state index is 14.8. The van der Waals surface area contributed by atoms with E-state index in [4.69, 9.17) is 4.74 Å². The number of likely N-dealkylation sites (N-methyl/N-ethyl adjacent to an activating group) is 1. The zero-order valence-electron chi connectivity index (χ0n) is 22.6. The Bertz CT molecular complexity index is 1360. The number of rotatable bonds is 7. The van der Waals surface area contributed by atoms with E-state index in [0.29, 0.717) is 61.0 Å². The molecule has 12 heteroatoms. The van der Waals surface area contributed by atoms with Gasteiger partial charge in [-0.3, -0.25) is 4.79 Å². The van der Waals surface area contributed by atoms with Crippen molar-refractivity contribution < 1.29 is 27.1 Å². The van der Waals surface area contributed by atoms with Crippen LogP contribution in [0, 0.1) is 12.7 Å². The van der Waals surface area contributed by atoms with Crippen LogP contribution in [0.25, 0.3) is 11.0 Å². The van der Waals surface area contributed by atoms with Crippen molar-refractivity contribution in [2.24, 2.45) is 0 Å². The van der Waals surface area contributed by atoms with Gasteiger partial charge in [0.25, 0.3) is 0 Å². The average molecular weight is 549 g/mol. The fourth-order valence-corrected chi connectivity index (χ4v) is 4.92. The molecule has 2 aromatic heterocycles. The first kappa shape index (κ1) is 28.5. The third-order valence-corrected chi connectivity index (χ3v) is 6.88. The van der Waals surface area contributed by atoms with Crippen molar-refractivity contribution in [3.63, 3.8) is 0 Å². The molecule has 3 heterocycles. The molecule has 3 aromatic rings. The number of amides is 1. The summed E-state index contributed by atoms with van der Waals surface area (Å²) in [5.74, 6) is -0.0489. The summed E-state index contributed by atoms with van der Waals surface area (Å²) in [6.07, 6.45) is -3.38. The molecule has 1 fully saturated rings. The van der Waals surface area contributed by atoms with Crippen LogP contribution in [0.2, 0.25) is 0 Å². The molecule has 1 saturated heterocycles. The number of aryl methyl sites for hydroxylation is 1. The molecule has 210 valence electrons. The summed E-state index contributed by atoms with van der Waals surface area (Å²) in [5, 5.41) is 3.62. The van der Waals surface area contributed by atoms with Gasteiger partial charge in [-0.2, -0.15) is 18.2 Å². The Hall–Kier alpha value is -3.54. The fourth-order valence-electron chi connectivity index (χ4n) is 4.92. The highest BCUT2D eigenvalue weighted by molar-refractivity contribution is 5.88. The van der Waals surface area contributed by atoms with Gasteiger partial charge in [-0.05, 0) is 58.8 Å². The number of nitrogens with zero attached hydrogens (tertiary/aromatic N) is 5. The lowest BCUT2D eigenvalue weighted by atomic mass is 9.89. The van der Waals surface area contributed by atoms with E-state index in [2.05, 4.69) is 20.3 Å². The molecular weight excluding hydrogens is 516 g/mol. The van der Waals surface area contributed by atoms with E-state index >= 15 is 0 Å². The number of carbonyl (C=O) groups excluding carboxylic acids is 1. The summed E-state index contributed by atoms with van der Waals surface area (Å²) in [6, 6.07) is 4.26. The quantitative estimate of drug-likeness (QED) is 0.419. The zero-order valence-corrected chi connectivity index (χ0v) is 22.6. The summed E-state index contributed by atoms with van der Waals surface area (Å²) >= 11 is 0. The van der Waals surface area contributed by atoms with Gasteiger partial charge in [0, 0.05) is 24.2 Å². The first-order chi connectivity index (χ1) is 18.4. The van der Waals surface area contributed by atoms with E-state index in [1.165, 1.54) is 19.2 Å². The van der Waals surface area contributed by atoms with E-state index < -0.39 is 23.6 Å². The van der Waals surface area contributed by atoms with Crippen molar-refractivity contribution in [3.8, 4) is 5.88 Å². The third-order valence-electron chi connectivity index (χ3n) is 6.88. The van der Waals surface area contributed by atoms with Crippen LogP contribution >= 0.6 is 0 Å². The molecule has 8 nitrogen and oxygen atoms in total. The molecule has 0 unspecified atom stereocenters. The first-order valence-corrected chi connectivity index (χ1v) is 12.7. The number of aromatic nitrogens is 3. The van der Waals surface area contributed by atoms with Crippen LogP contribution in [-0.2, 0) is 11.0 Å². The number of piperidine rings is 1. The van der Waals surface area contributed by atoms with Crippen LogP contribution in [0.1, 0.15) is 54.2 Å². The van der Waals surface area contributed by atoms with Gasteiger partial charge in [0.1, 0.15) is 17.5 Å². The minimum Gasteiger partial charge on any atom is -0.481 e. The number of hydrogen-bond acceptors (Lipinski definition) is 7. The standard InChI is InChI=1S/C27H32F4N6O2/c1-15(18-7-6-8-21(23(18)28)27(29,30)31)32-24-20-13-19(26(39-5)35-25(20)34-16(2)33-24)17-9-11-37(12-10-17)22(38)14-36(3)4/h6-8,13,15,17H,9-12,14H2,1-5H3,(H,32,33,34,35)/t15-/m1/s1. The molecule has 39 heavy (non-hydrogen) atoms. The second-order valence-corrected chi connectivity index (χ2v) is 10.0. The molecule has 4 rings (SSSR count). The van der Waals surface area contributed by atoms with Crippen LogP contribution in [0.5, 0.6) is 5.88 Å². The second kappa shape index (κ2) is 11.3. The van der Waals surface area contributed by atoms with Crippen LogP contribution in [0.15, 0.2) is 24.3 Å². The normalized spacial score (nSPS) is 15.6.